The van der Waals surface area contributed by atoms with Gasteiger partial charge in [0.25, 0.3) is 0 Å². The predicted molar refractivity (Wildman–Crippen MR) is 53.5 cm³/mol. The highest BCUT2D eigenvalue weighted by Gasteiger charge is 2.14. The maximum absolute atomic E-state index is 13.1. The quantitative estimate of drug-likeness (QED) is 0.763. The molecule has 0 aromatic heterocycles. The molecule has 0 spiro atoms. The second kappa shape index (κ2) is 4.34. The van der Waals surface area contributed by atoms with E-state index in [2.05, 4.69) is 15.9 Å². The van der Waals surface area contributed by atoms with Gasteiger partial charge in [-0.1, -0.05) is 22.0 Å². The van der Waals surface area contributed by atoms with Gasteiger partial charge in [0.2, 0.25) is 0 Å². The van der Waals surface area contributed by atoms with Gasteiger partial charge in [-0.05, 0) is 24.6 Å². The Bertz CT molecular complexity index is 411. The summed E-state index contributed by atoms with van der Waals surface area (Å²) in [6, 6.07) is 5.83. The molecular weight excluding hydrogens is 249 g/mol. The summed E-state index contributed by atoms with van der Waals surface area (Å²) in [6.07, 6.45) is 0. The number of halogens is 2. The highest BCUT2D eigenvalue weighted by atomic mass is 79.9. The Labute approximate surface area is 89.5 Å². The largest absolute Gasteiger partial charge is 0.298 e. The van der Waals surface area contributed by atoms with Gasteiger partial charge >= 0.3 is 0 Å². The Hall–Kier alpha value is -1.21. The third-order valence-electron chi connectivity index (χ3n) is 1.76. The van der Waals surface area contributed by atoms with Crippen LogP contribution < -0.4 is 0 Å². The summed E-state index contributed by atoms with van der Waals surface area (Å²) >= 11 is 3.13. The fourth-order valence-electron chi connectivity index (χ4n) is 1.01. The lowest BCUT2D eigenvalue weighted by Gasteiger charge is -2.06. The maximum Gasteiger partial charge on any atom is 0.147 e. The van der Waals surface area contributed by atoms with Gasteiger partial charge in [0.15, 0.2) is 0 Å². The van der Waals surface area contributed by atoms with Crippen LogP contribution in [0, 0.1) is 17.1 Å². The number of rotatable bonds is 2. The minimum absolute atomic E-state index is 0.0167. The first-order chi connectivity index (χ1) is 6.56. The van der Waals surface area contributed by atoms with E-state index >= 15 is 0 Å². The normalized spacial score (nSPS) is 11.9. The first-order valence-corrected chi connectivity index (χ1v) is 4.82. The number of benzene rings is 1. The van der Waals surface area contributed by atoms with Crippen molar-refractivity contribution in [1.82, 2.24) is 0 Å². The van der Waals surface area contributed by atoms with Crippen LogP contribution >= 0.6 is 15.9 Å². The first-order valence-electron chi connectivity index (χ1n) is 3.90. The third kappa shape index (κ3) is 2.18. The van der Waals surface area contributed by atoms with Gasteiger partial charge in [-0.2, -0.15) is 5.26 Å². The summed E-state index contributed by atoms with van der Waals surface area (Å²) in [5.41, 5.74) is 0.506. The summed E-state index contributed by atoms with van der Waals surface area (Å²) in [7, 11) is 0. The standard InChI is InChI=1S/C10H7BrFNO/c1-6(14)10(11)7-2-3-8(5-13)9(12)4-7/h2-4,10H,1H3. The Balaban J connectivity index is 3.10. The molecule has 72 valence electrons. The molecule has 0 N–H and O–H groups in total. The monoisotopic (exact) mass is 255 g/mol. The molecule has 0 amide bonds. The third-order valence-corrected chi connectivity index (χ3v) is 2.94. The molecule has 14 heavy (non-hydrogen) atoms. The van der Waals surface area contributed by atoms with E-state index in [-0.39, 0.29) is 11.3 Å². The SMILES string of the molecule is CC(=O)C(Br)c1ccc(C#N)c(F)c1. The van der Waals surface area contributed by atoms with Crippen LogP contribution in [0.15, 0.2) is 18.2 Å². The predicted octanol–water partition coefficient (Wildman–Crippen LogP) is 2.72. The number of carbonyl (C=O) groups excluding carboxylic acids is 1. The number of Topliss-reactive ketones (excluding diaryl/α,β-unsaturated/α-hetero) is 1. The molecule has 4 heteroatoms. The van der Waals surface area contributed by atoms with Crippen molar-refractivity contribution in [3.8, 4) is 6.07 Å². The summed E-state index contributed by atoms with van der Waals surface area (Å²) in [5, 5.41) is 8.49. The molecule has 0 bridgehead atoms. The van der Waals surface area contributed by atoms with Gasteiger partial charge in [0, 0.05) is 0 Å². The lowest BCUT2D eigenvalue weighted by Crippen LogP contribution is -2.01. The van der Waals surface area contributed by atoms with Crippen molar-refractivity contribution >= 4 is 21.7 Å². The van der Waals surface area contributed by atoms with Crippen LogP contribution in [-0.4, -0.2) is 5.78 Å². The van der Waals surface area contributed by atoms with Crippen molar-refractivity contribution in [2.45, 2.75) is 11.8 Å². The topological polar surface area (TPSA) is 40.9 Å². The second-order valence-corrected chi connectivity index (χ2v) is 3.74. The van der Waals surface area contributed by atoms with Gasteiger partial charge in [0.1, 0.15) is 17.7 Å². The van der Waals surface area contributed by atoms with E-state index in [1.165, 1.54) is 19.1 Å². The molecule has 0 fully saturated rings. The molecule has 0 aliphatic heterocycles. The Morgan fingerprint density at radius 1 is 1.64 bits per heavy atom. The molecule has 0 saturated heterocycles. The molecule has 1 atom stereocenters. The van der Waals surface area contributed by atoms with Crippen LogP contribution in [0.4, 0.5) is 4.39 Å². The summed E-state index contributed by atoms with van der Waals surface area (Å²) in [5.74, 6) is -0.704. The van der Waals surface area contributed by atoms with Crippen LogP contribution in [0.25, 0.3) is 0 Å². The Morgan fingerprint density at radius 3 is 2.71 bits per heavy atom. The Kier molecular flexibility index (Phi) is 3.37. The molecule has 2 nitrogen and oxygen atoms in total. The zero-order valence-electron chi connectivity index (χ0n) is 7.42. The molecule has 0 radical (unpaired) electrons. The zero-order valence-corrected chi connectivity index (χ0v) is 9.01. The van der Waals surface area contributed by atoms with E-state index in [4.69, 9.17) is 5.26 Å². The van der Waals surface area contributed by atoms with Gasteiger partial charge in [-0.3, -0.25) is 4.79 Å². The zero-order chi connectivity index (χ0) is 10.7. The lowest BCUT2D eigenvalue weighted by molar-refractivity contribution is -0.116. The average Bonchev–Trinajstić information content (AvgIpc) is 2.16. The van der Waals surface area contributed by atoms with E-state index in [1.54, 1.807) is 12.1 Å². The molecule has 1 unspecified atom stereocenters. The van der Waals surface area contributed by atoms with Crippen LogP contribution in [0.2, 0.25) is 0 Å². The number of hydrogen-bond donors (Lipinski definition) is 0. The summed E-state index contributed by atoms with van der Waals surface area (Å²) < 4.78 is 13.1. The smallest absolute Gasteiger partial charge is 0.147 e. The van der Waals surface area contributed by atoms with Crippen molar-refractivity contribution in [3.63, 3.8) is 0 Å². The van der Waals surface area contributed by atoms with Crippen LogP contribution in [0.1, 0.15) is 22.9 Å². The summed E-state index contributed by atoms with van der Waals surface area (Å²) in [6.45, 7) is 1.41. The molecular formula is C10H7BrFNO. The molecule has 0 aliphatic rings. The number of nitriles is 1. The molecule has 0 saturated carbocycles. The number of alkyl halides is 1. The molecule has 1 aromatic carbocycles. The van der Waals surface area contributed by atoms with Gasteiger partial charge in [-0.25, -0.2) is 4.39 Å². The highest BCUT2D eigenvalue weighted by Crippen LogP contribution is 2.24. The van der Waals surface area contributed by atoms with E-state index in [0.717, 1.165) is 0 Å². The van der Waals surface area contributed by atoms with Crippen LogP contribution in [0.3, 0.4) is 0 Å². The number of nitrogens with zero attached hydrogens (tertiary/aromatic N) is 1. The van der Waals surface area contributed by atoms with Crippen molar-refractivity contribution < 1.29 is 9.18 Å². The fraction of sp³-hybridized carbons (Fsp3) is 0.200. The minimum Gasteiger partial charge on any atom is -0.298 e. The molecule has 0 aliphatic carbocycles. The fourth-order valence-corrected chi connectivity index (χ4v) is 1.30. The summed E-state index contributed by atoms with van der Waals surface area (Å²) in [4.78, 5) is 10.5. The number of ketones is 1. The van der Waals surface area contributed by atoms with Crippen LogP contribution in [-0.2, 0) is 4.79 Å². The number of carbonyl (C=O) groups is 1. The molecule has 0 heterocycles. The van der Waals surface area contributed by atoms with Crippen molar-refractivity contribution in [3.05, 3.63) is 35.1 Å². The van der Waals surface area contributed by atoms with E-state index in [1.807, 2.05) is 0 Å². The van der Waals surface area contributed by atoms with E-state index in [0.29, 0.717) is 5.56 Å². The van der Waals surface area contributed by atoms with Crippen molar-refractivity contribution in [2.24, 2.45) is 0 Å². The van der Waals surface area contributed by atoms with Crippen molar-refractivity contribution in [1.29, 1.82) is 5.26 Å². The average molecular weight is 256 g/mol. The second-order valence-electron chi connectivity index (χ2n) is 2.82. The van der Waals surface area contributed by atoms with Gasteiger partial charge < -0.3 is 0 Å². The van der Waals surface area contributed by atoms with Gasteiger partial charge in [-0.15, -0.1) is 0 Å². The number of hydrogen-bond acceptors (Lipinski definition) is 2. The van der Waals surface area contributed by atoms with E-state index < -0.39 is 10.6 Å². The van der Waals surface area contributed by atoms with E-state index in [9.17, 15) is 9.18 Å². The van der Waals surface area contributed by atoms with Gasteiger partial charge in [0.05, 0.1) is 10.4 Å². The molecule has 1 rings (SSSR count). The highest BCUT2D eigenvalue weighted by molar-refractivity contribution is 9.09. The lowest BCUT2D eigenvalue weighted by atomic mass is 10.1. The Morgan fingerprint density at radius 2 is 2.29 bits per heavy atom. The first kappa shape index (κ1) is 10.9. The van der Waals surface area contributed by atoms with Crippen LogP contribution in [0.5, 0.6) is 0 Å². The maximum atomic E-state index is 13.1. The van der Waals surface area contributed by atoms with Crippen molar-refractivity contribution in [2.75, 3.05) is 0 Å². The minimum atomic E-state index is -0.601. The molecule has 1 aromatic rings.